The molecule has 1 amide bonds. The van der Waals surface area contributed by atoms with E-state index in [0.717, 1.165) is 44.8 Å². The number of para-hydroxylation sites is 1. The molecule has 1 unspecified atom stereocenters. The lowest BCUT2D eigenvalue weighted by Crippen LogP contribution is -2.44. The molecular weight excluding hydrogens is 276 g/mol. The van der Waals surface area contributed by atoms with Gasteiger partial charge in [0.05, 0.1) is 12.5 Å². The van der Waals surface area contributed by atoms with Crippen LogP contribution < -0.4 is 10.1 Å². The third-order valence-electron chi connectivity index (χ3n) is 3.77. The van der Waals surface area contributed by atoms with Gasteiger partial charge >= 0.3 is 0 Å². The van der Waals surface area contributed by atoms with Gasteiger partial charge in [-0.25, -0.2) is 0 Å². The number of carbonyl (C=O) groups excluding carboxylic acids is 1. The first-order valence-corrected chi connectivity index (χ1v) is 8.16. The number of likely N-dealkylation sites (tertiary alicyclic amines) is 1. The molecule has 1 atom stereocenters. The number of nitrogens with one attached hydrogen (secondary N) is 1. The van der Waals surface area contributed by atoms with Crippen LogP contribution in [0, 0.1) is 5.92 Å². The summed E-state index contributed by atoms with van der Waals surface area (Å²) in [6, 6.07) is 9.90. The van der Waals surface area contributed by atoms with Crippen LogP contribution in [-0.4, -0.2) is 42.6 Å². The van der Waals surface area contributed by atoms with Gasteiger partial charge in [0.2, 0.25) is 5.91 Å². The summed E-state index contributed by atoms with van der Waals surface area (Å²) < 4.78 is 5.70. The van der Waals surface area contributed by atoms with Gasteiger partial charge in [-0.3, -0.25) is 4.79 Å². The van der Waals surface area contributed by atoms with Crippen molar-refractivity contribution in [1.29, 1.82) is 0 Å². The quantitative estimate of drug-likeness (QED) is 0.822. The highest BCUT2D eigenvalue weighted by atomic mass is 16.5. The first kappa shape index (κ1) is 16.8. The van der Waals surface area contributed by atoms with Crippen molar-refractivity contribution in [3.63, 3.8) is 0 Å². The van der Waals surface area contributed by atoms with Gasteiger partial charge in [0.1, 0.15) is 5.75 Å². The van der Waals surface area contributed by atoms with Crippen molar-refractivity contribution in [3.05, 3.63) is 30.3 Å². The van der Waals surface area contributed by atoms with Crippen molar-refractivity contribution in [2.45, 2.75) is 39.2 Å². The number of ether oxygens (including phenoxy) is 1. The third kappa shape index (κ3) is 5.68. The number of nitrogens with zero attached hydrogens (tertiary/aromatic N) is 1. The second kappa shape index (κ2) is 7.63. The van der Waals surface area contributed by atoms with Gasteiger partial charge in [-0.05, 0) is 52.3 Å². The third-order valence-corrected chi connectivity index (χ3v) is 3.77. The minimum absolute atomic E-state index is 0.134. The van der Waals surface area contributed by atoms with Crippen molar-refractivity contribution in [2.24, 2.45) is 5.92 Å². The van der Waals surface area contributed by atoms with E-state index >= 15 is 0 Å². The molecule has 22 heavy (non-hydrogen) atoms. The molecule has 1 saturated heterocycles. The van der Waals surface area contributed by atoms with Gasteiger partial charge in [0, 0.05) is 18.6 Å². The summed E-state index contributed by atoms with van der Waals surface area (Å²) in [4.78, 5) is 14.5. The highest BCUT2D eigenvalue weighted by molar-refractivity contribution is 5.79. The number of hydrogen-bond donors (Lipinski definition) is 1. The molecule has 1 aromatic carbocycles. The number of benzene rings is 1. The van der Waals surface area contributed by atoms with Gasteiger partial charge in [-0.15, -0.1) is 0 Å². The van der Waals surface area contributed by atoms with E-state index in [0.29, 0.717) is 0 Å². The Hall–Kier alpha value is -1.55. The second-order valence-electron chi connectivity index (χ2n) is 7.04. The average molecular weight is 304 g/mol. The van der Waals surface area contributed by atoms with Gasteiger partial charge < -0.3 is 15.0 Å². The fourth-order valence-corrected chi connectivity index (χ4v) is 2.72. The summed E-state index contributed by atoms with van der Waals surface area (Å²) in [5.41, 5.74) is -0.145. The Morgan fingerprint density at radius 3 is 2.73 bits per heavy atom. The smallest absolute Gasteiger partial charge is 0.224 e. The van der Waals surface area contributed by atoms with Crippen LogP contribution in [0.5, 0.6) is 5.75 Å². The highest BCUT2D eigenvalue weighted by Crippen LogP contribution is 2.18. The minimum atomic E-state index is -0.145. The van der Waals surface area contributed by atoms with Crippen molar-refractivity contribution < 1.29 is 9.53 Å². The van der Waals surface area contributed by atoms with Gasteiger partial charge in [0.15, 0.2) is 0 Å². The molecule has 4 heteroatoms. The first-order valence-electron chi connectivity index (χ1n) is 8.16. The summed E-state index contributed by atoms with van der Waals surface area (Å²) >= 11 is 0. The summed E-state index contributed by atoms with van der Waals surface area (Å²) in [7, 11) is 0. The van der Waals surface area contributed by atoms with Crippen LogP contribution in [0.25, 0.3) is 0 Å². The monoisotopic (exact) mass is 304 g/mol. The van der Waals surface area contributed by atoms with E-state index < -0.39 is 0 Å². The van der Waals surface area contributed by atoms with Gasteiger partial charge in [-0.2, -0.15) is 0 Å². The van der Waals surface area contributed by atoms with Crippen LogP contribution in [0.15, 0.2) is 30.3 Å². The summed E-state index contributed by atoms with van der Waals surface area (Å²) in [6.45, 7) is 9.67. The maximum absolute atomic E-state index is 12.2. The van der Waals surface area contributed by atoms with Crippen LogP contribution >= 0.6 is 0 Å². The lowest BCUT2D eigenvalue weighted by Gasteiger charge is -2.23. The average Bonchev–Trinajstić information content (AvgIpc) is 2.92. The molecule has 1 aromatic rings. The molecule has 1 aliphatic rings. The molecule has 0 aromatic heterocycles. The topological polar surface area (TPSA) is 41.6 Å². The summed E-state index contributed by atoms with van der Waals surface area (Å²) in [5, 5.41) is 3.08. The number of rotatable bonds is 6. The molecule has 2 rings (SSSR count). The minimum Gasteiger partial charge on any atom is -0.494 e. The van der Waals surface area contributed by atoms with E-state index in [4.69, 9.17) is 4.74 Å². The highest BCUT2D eigenvalue weighted by Gasteiger charge is 2.29. The molecule has 0 saturated carbocycles. The molecule has 1 N–H and O–H groups in total. The van der Waals surface area contributed by atoms with Crippen molar-refractivity contribution >= 4 is 5.91 Å². The molecule has 122 valence electrons. The number of carbonyl (C=O) groups is 1. The Morgan fingerprint density at radius 1 is 1.32 bits per heavy atom. The number of hydrogen-bond acceptors (Lipinski definition) is 3. The maximum Gasteiger partial charge on any atom is 0.224 e. The van der Waals surface area contributed by atoms with Crippen LogP contribution in [0.4, 0.5) is 0 Å². The van der Waals surface area contributed by atoms with Crippen molar-refractivity contribution in [2.75, 3.05) is 26.2 Å². The summed E-state index contributed by atoms with van der Waals surface area (Å²) in [5.74, 6) is 1.25. The lowest BCUT2D eigenvalue weighted by atomic mass is 10.0. The standard InChI is InChI=1S/C18H28N2O2/c1-18(2,3)19-17(21)15-10-12-20(14-15)11-7-13-22-16-8-5-4-6-9-16/h4-6,8-9,15H,7,10-14H2,1-3H3,(H,19,21). The first-order chi connectivity index (χ1) is 10.4. The molecule has 0 radical (unpaired) electrons. The Balaban J connectivity index is 1.63. The Labute approximate surface area is 133 Å². The van der Waals surface area contributed by atoms with Crippen LogP contribution in [-0.2, 0) is 4.79 Å². The zero-order chi connectivity index (χ0) is 16.0. The van der Waals surface area contributed by atoms with Gasteiger partial charge in [0.25, 0.3) is 0 Å². The normalized spacial score (nSPS) is 19.1. The maximum atomic E-state index is 12.2. The molecular formula is C18H28N2O2. The van der Waals surface area contributed by atoms with E-state index in [1.807, 2.05) is 51.1 Å². The van der Waals surface area contributed by atoms with Crippen LogP contribution in [0.1, 0.15) is 33.6 Å². The van der Waals surface area contributed by atoms with E-state index in [9.17, 15) is 4.79 Å². The van der Waals surface area contributed by atoms with Gasteiger partial charge in [-0.1, -0.05) is 18.2 Å². The molecule has 0 bridgehead atoms. The Bertz CT molecular complexity index is 468. The SMILES string of the molecule is CC(C)(C)NC(=O)C1CCN(CCCOc2ccccc2)C1. The van der Waals surface area contributed by atoms with Crippen molar-refractivity contribution in [3.8, 4) is 5.75 Å². The molecule has 0 aliphatic carbocycles. The van der Waals surface area contributed by atoms with E-state index in [1.54, 1.807) is 0 Å². The molecule has 0 spiro atoms. The zero-order valence-corrected chi connectivity index (χ0v) is 14.0. The van der Waals surface area contributed by atoms with Crippen LogP contribution in [0.3, 0.4) is 0 Å². The predicted molar refractivity (Wildman–Crippen MR) is 89.0 cm³/mol. The predicted octanol–water partition coefficient (Wildman–Crippen LogP) is 2.69. The largest absolute Gasteiger partial charge is 0.494 e. The van der Waals surface area contributed by atoms with E-state index in [2.05, 4.69) is 10.2 Å². The molecule has 1 fully saturated rings. The fraction of sp³-hybridized carbons (Fsp3) is 0.611. The van der Waals surface area contributed by atoms with Crippen molar-refractivity contribution in [1.82, 2.24) is 10.2 Å². The molecule has 1 heterocycles. The Kier molecular flexibility index (Phi) is 5.83. The second-order valence-corrected chi connectivity index (χ2v) is 7.04. The van der Waals surface area contributed by atoms with E-state index in [1.165, 1.54) is 0 Å². The molecule has 4 nitrogen and oxygen atoms in total. The lowest BCUT2D eigenvalue weighted by molar-refractivity contribution is -0.126. The zero-order valence-electron chi connectivity index (χ0n) is 14.0. The van der Waals surface area contributed by atoms with Crippen LogP contribution in [0.2, 0.25) is 0 Å². The van der Waals surface area contributed by atoms with E-state index in [-0.39, 0.29) is 17.4 Å². The number of amides is 1. The molecule has 1 aliphatic heterocycles. The Morgan fingerprint density at radius 2 is 2.05 bits per heavy atom. The fourth-order valence-electron chi connectivity index (χ4n) is 2.72. The summed E-state index contributed by atoms with van der Waals surface area (Å²) in [6.07, 6.45) is 1.95.